The molecule has 0 aromatic carbocycles. The molecule has 1 aliphatic rings. The fraction of sp³-hybridized carbons (Fsp3) is 0.923. The Balaban J connectivity index is 2.78. The third-order valence-corrected chi connectivity index (χ3v) is 4.36. The minimum Gasteiger partial charge on any atom is -0.394 e. The molecule has 4 N–H and O–H groups in total. The minimum absolute atomic E-state index is 0.0361. The van der Waals surface area contributed by atoms with Crippen molar-refractivity contribution in [2.75, 3.05) is 26.4 Å². The van der Waals surface area contributed by atoms with E-state index >= 15 is 0 Å². The predicted octanol–water partition coefficient (Wildman–Crippen LogP) is 0.409. The third kappa shape index (κ3) is 3.02. The van der Waals surface area contributed by atoms with E-state index in [-0.39, 0.29) is 12.5 Å². The van der Waals surface area contributed by atoms with Crippen LogP contribution in [-0.2, 0) is 9.53 Å². The Hall–Kier alpha value is -0.650. The topological polar surface area (TPSA) is 84.6 Å². The van der Waals surface area contributed by atoms with E-state index in [1.165, 1.54) is 0 Å². The van der Waals surface area contributed by atoms with Crippen LogP contribution in [0, 0.1) is 5.41 Å². The Morgan fingerprint density at radius 1 is 1.39 bits per heavy atom. The number of carbonyl (C=O) groups is 1. The van der Waals surface area contributed by atoms with Crippen molar-refractivity contribution in [1.82, 2.24) is 5.32 Å². The van der Waals surface area contributed by atoms with E-state index in [4.69, 9.17) is 10.5 Å². The summed E-state index contributed by atoms with van der Waals surface area (Å²) in [5, 5.41) is 12.5. The maximum atomic E-state index is 12.5. The van der Waals surface area contributed by atoms with Gasteiger partial charge in [0.25, 0.3) is 0 Å². The standard InChI is InChI=1S/C13H26N2O3/c1-3-13(4-2,10-16)15-11(17)12(9-14)5-7-18-8-6-12/h16H,3-10,14H2,1-2H3,(H,15,17). The Kier molecular flexibility index (Phi) is 5.56. The zero-order chi connectivity index (χ0) is 13.6. The van der Waals surface area contributed by atoms with Crippen molar-refractivity contribution in [2.24, 2.45) is 11.1 Å². The molecule has 0 aliphatic carbocycles. The molecule has 0 radical (unpaired) electrons. The Morgan fingerprint density at radius 2 is 1.94 bits per heavy atom. The van der Waals surface area contributed by atoms with E-state index in [9.17, 15) is 9.90 Å². The highest BCUT2D eigenvalue weighted by Gasteiger charge is 2.41. The van der Waals surface area contributed by atoms with Crippen LogP contribution in [0.4, 0.5) is 0 Å². The van der Waals surface area contributed by atoms with Gasteiger partial charge in [0.2, 0.25) is 5.91 Å². The van der Waals surface area contributed by atoms with Gasteiger partial charge in [-0.15, -0.1) is 0 Å². The second-order valence-electron chi connectivity index (χ2n) is 5.20. The molecule has 1 heterocycles. The lowest BCUT2D eigenvalue weighted by Gasteiger charge is -2.39. The normalized spacial score (nSPS) is 19.6. The quantitative estimate of drug-likeness (QED) is 0.644. The number of hydrogen-bond acceptors (Lipinski definition) is 4. The molecular weight excluding hydrogens is 232 g/mol. The number of ether oxygens (including phenoxy) is 1. The van der Waals surface area contributed by atoms with E-state index < -0.39 is 11.0 Å². The number of amides is 1. The van der Waals surface area contributed by atoms with Crippen molar-refractivity contribution in [3.05, 3.63) is 0 Å². The molecule has 0 spiro atoms. The van der Waals surface area contributed by atoms with Crippen LogP contribution in [0.5, 0.6) is 0 Å². The maximum absolute atomic E-state index is 12.5. The molecule has 106 valence electrons. The van der Waals surface area contributed by atoms with Crippen LogP contribution in [0.3, 0.4) is 0 Å². The summed E-state index contributed by atoms with van der Waals surface area (Å²) in [5.74, 6) is -0.0361. The second-order valence-corrected chi connectivity index (χ2v) is 5.20. The lowest BCUT2D eigenvalue weighted by atomic mass is 9.78. The van der Waals surface area contributed by atoms with Crippen LogP contribution in [0.15, 0.2) is 0 Å². The summed E-state index contributed by atoms with van der Waals surface area (Å²) in [6, 6.07) is 0. The van der Waals surface area contributed by atoms with Gasteiger partial charge in [0.15, 0.2) is 0 Å². The summed E-state index contributed by atoms with van der Waals surface area (Å²) < 4.78 is 5.30. The van der Waals surface area contributed by atoms with E-state index in [1.807, 2.05) is 13.8 Å². The summed E-state index contributed by atoms with van der Waals surface area (Å²) in [4.78, 5) is 12.5. The highest BCUT2D eigenvalue weighted by Crippen LogP contribution is 2.31. The number of nitrogens with two attached hydrogens (primary N) is 1. The molecule has 1 aliphatic heterocycles. The molecule has 0 aromatic heterocycles. The van der Waals surface area contributed by atoms with Crippen molar-refractivity contribution < 1.29 is 14.6 Å². The van der Waals surface area contributed by atoms with Gasteiger partial charge in [-0.3, -0.25) is 4.79 Å². The smallest absolute Gasteiger partial charge is 0.228 e. The predicted molar refractivity (Wildman–Crippen MR) is 70.1 cm³/mol. The van der Waals surface area contributed by atoms with Crippen molar-refractivity contribution in [2.45, 2.75) is 45.1 Å². The summed E-state index contributed by atoms with van der Waals surface area (Å²) in [6.45, 7) is 5.39. The Bertz CT molecular complexity index is 263. The second kappa shape index (κ2) is 6.50. The van der Waals surface area contributed by atoms with Crippen molar-refractivity contribution in [3.8, 4) is 0 Å². The summed E-state index contributed by atoms with van der Waals surface area (Å²) in [6.07, 6.45) is 2.74. The molecule has 18 heavy (non-hydrogen) atoms. The molecule has 5 nitrogen and oxygen atoms in total. The highest BCUT2D eigenvalue weighted by atomic mass is 16.5. The number of rotatable bonds is 6. The van der Waals surface area contributed by atoms with Gasteiger partial charge in [-0.1, -0.05) is 13.8 Å². The van der Waals surface area contributed by atoms with Gasteiger partial charge in [-0.05, 0) is 25.7 Å². The number of nitrogens with one attached hydrogen (secondary N) is 1. The van der Waals surface area contributed by atoms with E-state index in [1.54, 1.807) is 0 Å². The van der Waals surface area contributed by atoms with Crippen molar-refractivity contribution in [3.63, 3.8) is 0 Å². The number of carbonyl (C=O) groups excluding carboxylic acids is 1. The highest BCUT2D eigenvalue weighted by molar-refractivity contribution is 5.83. The van der Waals surface area contributed by atoms with Crippen LogP contribution in [0.1, 0.15) is 39.5 Å². The lowest BCUT2D eigenvalue weighted by Crippen LogP contribution is -2.58. The fourth-order valence-electron chi connectivity index (χ4n) is 2.35. The number of hydrogen-bond donors (Lipinski definition) is 3. The number of aliphatic hydroxyl groups is 1. The van der Waals surface area contributed by atoms with E-state index in [2.05, 4.69) is 5.32 Å². The van der Waals surface area contributed by atoms with Crippen LogP contribution in [0.2, 0.25) is 0 Å². The third-order valence-electron chi connectivity index (χ3n) is 4.36. The molecule has 1 fully saturated rings. The lowest BCUT2D eigenvalue weighted by molar-refractivity contribution is -0.138. The largest absolute Gasteiger partial charge is 0.394 e. The van der Waals surface area contributed by atoms with Crippen LogP contribution in [0.25, 0.3) is 0 Å². The van der Waals surface area contributed by atoms with E-state index in [0.29, 0.717) is 45.4 Å². The van der Waals surface area contributed by atoms with E-state index in [0.717, 1.165) is 0 Å². The molecule has 1 saturated heterocycles. The summed E-state index contributed by atoms with van der Waals surface area (Å²) >= 11 is 0. The van der Waals surface area contributed by atoms with Gasteiger partial charge >= 0.3 is 0 Å². The average Bonchev–Trinajstić information content (AvgIpc) is 2.45. The molecule has 1 rings (SSSR count). The Morgan fingerprint density at radius 3 is 2.33 bits per heavy atom. The van der Waals surface area contributed by atoms with Crippen LogP contribution in [-0.4, -0.2) is 42.9 Å². The van der Waals surface area contributed by atoms with Gasteiger partial charge in [0.1, 0.15) is 0 Å². The number of aliphatic hydroxyl groups excluding tert-OH is 1. The first kappa shape index (κ1) is 15.4. The molecule has 0 bridgehead atoms. The maximum Gasteiger partial charge on any atom is 0.228 e. The Labute approximate surface area is 109 Å². The molecule has 0 saturated carbocycles. The first-order chi connectivity index (χ1) is 8.58. The van der Waals surface area contributed by atoms with Gasteiger partial charge < -0.3 is 20.9 Å². The molecular formula is C13H26N2O3. The van der Waals surface area contributed by atoms with Crippen molar-refractivity contribution in [1.29, 1.82) is 0 Å². The van der Waals surface area contributed by atoms with Gasteiger partial charge in [0.05, 0.1) is 17.6 Å². The average molecular weight is 258 g/mol. The SMILES string of the molecule is CCC(CC)(CO)NC(=O)C1(CN)CCOCC1. The first-order valence-electron chi connectivity index (χ1n) is 6.79. The van der Waals surface area contributed by atoms with Gasteiger partial charge in [-0.2, -0.15) is 0 Å². The van der Waals surface area contributed by atoms with Crippen LogP contribution >= 0.6 is 0 Å². The monoisotopic (exact) mass is 258 g/mol. The molecule has 0 aromatic rings. The van der Waals surface area contributed by atoms with Crippen molar-refractivity contribution >= 4 is 5.91 Å². The molecule has 5 heteroatoms. The minimum atomic E-state index is -0.525. The molecule has 0 unspecified atom stereocenters. The van der Waals surface area contributed by atoms with Gasteiger partial charge in [0, 0.05) is 19.8 Å². The fourth-order valence-corrected chi connectivity index (χ4v) is 2.35. The zero-order valence-electron chi connectivity index (χ0n) is 11.5. The zero-order valence-corrected chi connectivity index (χ0v) is 11.5. The molecule has 1 amide bonds. The van der Waals surface area contributed by atoms with Crippen LogP contribution < -0.4 is 11.1 Å². The van der Waals surface area contributed by atoms with Gasteiger partial charge in [-0.25, -0.2) is 0 Å². The summed E-state index contributed by atoms with van der Waals surface area (Å²) in [5.41, 5.74) is 4.76. The first-order valence-corrected chi connectivity index (χ1v) is 6.79. The summed E-state index contributed by atoms with van der Waals surface area (Å²) in [7, 11) is 0. The molecule has 0 atom stereocenters.